The van der Waals surface area contributed by atoms with Gasteiger partial charge in [-0.15, -0.1) is 0 Å². The van der Waals surface area contributed by atoms with Gasteiger partial charge in [0.15, 0.2) is 0 Å². The number of hydrogen-bond acceptors (Lipinski definition) is 4. The van der Waals surface area contributed by atoms with Crippen molar-refractivity contribution in [1.29, 1.82) is 5.26 Å². The second-order valence-corrected chi connectivity index (χ2v) is 6.01. The third-order valence-electron chi connectivity index (χ3n) is 4.52. The summed E-state index contributed by atoms with van der Waals surface area (Å²) in [6.45, 7) is 2.10. The molecule has 1 aliphatic rings. The van der Waals surface area contributed by atoms with Crippen molar-refractivity contribution in [2.24, 2.45) is 5.92 Å². The van der Waals surface area contributed by atoms with Crippen LogP contribution in [-0.4, -0.2) is 33.7 Å². The lowest BCUT2D eigenvalue weighted by Gasteiger charge is -2.25. The van der Waals surface area contributed by atoms with Gasteiger partial charge in [-0.05, 0) is 49.9 Å². The number of benzene rings is 1. The molecule has 2 N–H and O–H groups in total. The van der Waals surface area contributed by atoms with Crippen LogP contribution in [0.2, 0.25) is 0 Å². The summed E-state index contributed by atoms with van der Waals surface area (Å²) in [6.07, 6.45) is 3.84. The van der Waals surface area contributed by atoms with Crippen molar-refractivity contribution in [1.82, 2.24) is 14.7 Å². The number of nitrogens with two attached hydrogens (primary N) is 1. The zero-order valence-electron chi connectivity index (χ0n) is 13.2. The normalized spacial score (nSPS) is 15.0. The number of carbonyl (C=O) groups is 1. The molecular weight excluding hydrogens is 290 g/mol. The summed E-state index contributed by atoms with van der Waals surface area (Å²) >= 11 is 0. The Hall–Kier alpha value is -2.81. The average molecular weight is 309 g/mol. The number of amides is 1. The van der Waals surface area contributed by atoms with E-state index in [-0.39, 0.29) is 11.9 Å². The van der Waals surface area contributed by atoms with Crippen LogP contribution in [0.3, 0.4) is 0 Å². The number of nitrogen functional groups attached to an aromatic ring is 1. The molecule has 2 aromatic rings. The van der Waals surface area contributed by atoms with Crippen LogP contribution in [0.25, 0.3) is 5.69 Å². The van der Waals surface area contributed by atoms with E-state index in [1.807, 2.05) is 18.0 Å². The molecule has 1 saturated carbocycles. The third-order valence-corrected chi connectivity index (χ3v) is 4.52. The summed E-state index contributed by atoms with van der Waals surface area (Å²) in [5.41, 5.74) is 7.57. The molecule has 1 heterocycles. The van der Waals surface area contributed by atoms with Gasteiger partial charge in [0.1, 0.15) is 17.5 Å². The van der Waals surface area contributed by atoms with Crippen molar-refractivity contribution in [3.8, 4) is 11.8 Å². The van der Waals surface area contributed by atoms with E-state index in [1.165, 1.54) is 23.7 Å². The molecule has 0 unspecified atom stereocenters. The number of aromatic nitrogens is 2. The van der Waals surface area contributed by atoms with E-state index in [2.05, 4.69) is 12.0 Å². The monoisotopic (exact) mass is 309 g/mol. The molecule has 23 heavy (non-hydrogen) atoms. The van der Waals surface area contributed by atoms with E-state index in [4.69, 9.17) is 11.0 Å². The van der Waals surface area contributed by atoms with Gasteiger partial charge in [-0.25, -0.2) is 4.68 Å². The van der Waals surface area contributed by atoms with Crippen LogP contribution in [0, 0.1) is 17.2 Å². The minimum absolute atomic E-state index is 0.0158. The lowest BCUT2D eigenvalue weighted by molar-refractivity contribution is 0.0727. The molecule has 0 spiro atoms. The standard InChI is InChI=1S/C17H19N5O/c1-11(12-3-4-12)21(2)17(23)13-5-7-15(8-6-13)22-16(19)14(9-18)10-20-22/h5-8,10-12H,3-4,19H2,1-2H3/t11-/m1/s1. The van der Waals surface area contributed by atoms with Gasteiger partial charge in [-0.3, -0.25) is 4.79 Å². The Kier molecular flexibility index (Phi) is 3.78. The molecule has 0 bridgehead atoms. The fourth-order valence-electron chi connectivity index (χ4n) is 2.68. The minimum atomic E-state index is 0.0158. The van der Waals surface area contributed by atoms with E-state index < -0.39 is 0 Å². The van der Waals surface area contributed by atoms with E-state index in [0.717, 1.165) is 5.69 Å². The Morgan fingerprint density at radius 2 is 2.09 bits per heavy atom. The van der Waals surface area contributed by atoms with Gasteiger partial charge in [-0.2, -0.15) is 10.4 Å². The highest BCUT2D eigenvalue weighted by Crippen LogP contribution is 2.35. The number of nitriles is 1. The highest BCUT2D eigenvalue weighted by atomic mass is 16.2. The largest absolute Gasteiger partial charge is 0.382 e. The molecule has 0 radical (unpaired) electrons. The van der Waals surface area contributed by atoms with Crippen molar-refractivity contribution in [2.45, 2.75) is 25.8 Å². The second kappa shape index (κ2) is 5.76. The highest BCUT2D eigenvalue weighted by molar-refractivity contribution is 5.94. The molecule has 118 valence electrons. The molecule has 3 rings (SSSR count). The van der Waals surface area contributed by atoms with Crippen LogP contribution >= 0.6 is 0 Å². The molecule has 6 nitrogen and oxygen atoms in total. The number of rotatable bonds is 4. The van der Waals surface area contributed by atoms with Crippen molar-refractivity contribution in [2.75, 3.05) is 12.8 Å². The van der Waals surface area contributed by atoms with Crippen molar-refractivity contribution >= 4 is 11.7 Å². The smallest absolute Gasteiger partial charge is 0.253 e. The van der Waals surface area contributed by atoms with Crippen LogP contribution < -0.4 is 5.73 Å². The predicted octanol–water partition coefficient (Wildman–Crippen LogP) is 2.20. The van der Waals surface area contributed by atoms with Crippen LogP contribution in [0.5, 0.6) is 0 Å². The van der Waals surface area contributed by atoms with Gasteiger partial charge in [0.2, 0.25) is 0 Å². The Morgan fingerprint density at radius 3 is 2.61 bits per heavy atom. The number of carbonyl (C=O) groups excluding carboxylic acids is 1. The highest BCUT2D eigenvalue weighted by Gasteiger charge is 2.32. The molecule has 1 aromatic carbocycles. The summed E-state index contributed by atoms with van der Waals surface area (Å²) < 4.78 is 1.49. The fraction of sp³-hybridized carbons (Fsp3) is 0.353. The summed E-state index contributed by atoms with van der Waals surface area (Å²) in [4.78, 5) is 14.3. The Morgan fingerprint density at radius 1 is 1.43 bits per heavy atom. The van der Waals surface area contributed by atoms with E-state index >= 15 is 0 Å². The van der Waals surface area contributed by atoms with Crippen molar-refractivity contribution < 1.29 is 4.79 Å². The van der Waals surface area contributed by atoms with Crippen molar-refractivity contribution in [3.05, 3.63) is 41.6 Å². The van der Waals surface area contributed by atoms with Gasteiger partial charge in [0.05, 0.1) is 11.9 Å². The quantitative estimate of drug-likeness (QED) is 0.937. The maximum absolute atomic E-state index is 12.5. The number of anilines is 1. The van der Waals surface area contributed by atoms with Crippen molar-refractivity contribution in [3.63, 3.8) is 0 Å². The van der Waals surface area contributed by atoms with Gasteiger partial charge < -0.3 is 10.6 Å². The van der Waals surface area contributed by atoms with Crippen LogP contribution in [0.1, 0.15) is 35.7 Å². The molecule has 1 aliphatic carbocycles. The van der Waals surface area contributed by atoms with E-state index in [1.54, 1.807) is 24.3 Å². The van der Waals surface area contributed by atoms with Gasteiger partial charge in [-0.1, -0.05) is 0 Å². The predicted molar refractivity (Wildman–Crippen MR) is 87.0 cm³/mol. The third kappa shape index (κ3) is 2.78. The molecule has 0 aliphatic heterocycles. The van der Waals surface area contributed by atoms with Crippen LogP contribution in [-0.2, 0) is 0 Å². The topological polar surface area (TPSA) is 87.9 Å². The van der Waals surface area contributed by atoms with Gasteiger partial charge >= 0.3 is 0 Å². The van der Waals surface area contributed by atoms with E-state index in [9.17, 15) is 4.79 Å². The molecule has 1 atom stereocenters. The Bertz CT molecular complexity index is 767. The maximum atomic E-state index is 12.5. The van der Waals surface area contributed by atoms with E-state index in [0.29, 0.717) is 22.9 Å². The second-order valence-electron chi connectivity index (χ2n) is 6.01. The SMILES string of the molecule is C[C@H](C1CC1)N(C)C(=O)c1ccc(-n2ncc(C#N)c2N)cc1. The summed E-state index contributed by atoms with van der Waals surface area (Å²) in [5.74, 6) is 0.949. The molecule has 0 saturated heterocycles. The summed E-state index contributed by atoms with van der Waals surface area (Å²) in [6, 6.07) is 9.36. The molecule has 1 aromatic heterocycles. The molecular formula is C17H19N5O. The first-order chi connectivity index (χ1) is 11.0. The lowest BCUT2D eigenvalue weighted by atomic mass is 10.1. The number of hydrogen-bond donors (Lipinski definition) is 1. The number of nitrogens with zero attached hydrogens (tertiary/aromatic N) is 4. The van der Waals surface area contributed by atoms with Gasteiger partial charge in [0, 0.05) is 18.7 Å². The van der Waals surface area contributed by atoms with Crippen LogP contribution in [0.15, 0.2) is 30.5 Å². The lowest BCUT2D eigenvalue weighted by Crippen LogP contribution is -2.36. The minimum Gasteiger partial charge on any atom is -0.382 e. The Balaban J connectivity index is 1.80. The fourth-order valence-corrected chi connectivity index (χ4v) is 2.68. The first kappa shape index (κ1) is 15.1. The Labute approximate surface area is 135 Å². The zero-order valence-corrected chi connectivity index (χ0v) is 13.2. The van der Waals surface area contributed by atoms with Gasteiger partial charge in [0.25, 0.3) is 5.91 Å². The summed E-state index contributed by atoms with van der Waals surface area (Å²) in [5, 5.41) is 13.0. The first-order valence-corrected chi connectivity index (χ1v) is 7.64. The maximum Gasteiger partial charge on any atom is 0.253 e. The molecule has 6 heteroatoms. The molecule has 1 fully saturated rings. The zero-order chi connectivity index (χ0) is 16.6. The molecule has 1 amide bonds. The average Bonchev–Trinajstić information content (AvgIpc) is 3.36. The summed E-state index contributed by atoms with van der Waals surface area (Å²) in [7, 11) is 1.85. The van der Waals surface area contributed by atoms with Crippen LogP contribution in [0.4, 0.5) is 5.82 Å². The first-order valence-electron chi connectivity index (χ1n) is 7.64.